The van der Waals surface area contributed by atoms with Crippen LogP contribution in [0.25, 0.3) is 10.9 Å². The van der Waals surface area contributed by atoms with E-state index in [0.717, 1.165) is 25.2 Å². The van der Waals surface area contributed by atoms with Gasteiger partial charge in [-0.25, -0.2) is 4.79 Å². The Morgan fingerprint density at radius 2 is 1.70 bits per heavy atom. The van der Waals surface area contributed by atoms with E-state index in [1.54, 1.807) is 0 Å². The quantitative estimate of drug-likeness (QED) is 0.429. The highest BCUT2D eigenvalue weighted by Crippen LogP contribution is 2.21. The standard InChI is InChI=1S/C14H17NO2.C9H12O.C3H8/c1-3-4-5-11-9-15-13-8-10(14(16)17-2)6-7-12(11)13;1-2-10-8-9-6-4-3-5-7-9;1-3-2/h6-9,15H,3-5H2,1-2H3;3-7H,2,8H2,1H3;3H2,1-2H3. The molecule has 1 N–H and O–H groups in total. The Balaban J connectivity index is 0.000000294. The Morgan fingerprint density at radius 3 is 2.30 bits per heavy atom. The smallest absolute Gasteiger partial charge is 0.337 e. The number of carbonyl (C=O) groups excluding carboxylic acids is 1. The van der Waals surface area contributed by atoms with Crippen LogP contribution in [-0.4, -0.2) is 24.7 Å². The van der Waals surface area contributed by atoms with E-state index >= 15 is 0 Å². The van der Waals surface area contributed by atoms with Crippen LogP contribution in [0.1, 0.15) is 68.4 Å². The van der Waals surface area contributed by atoms with Crippen LogP contribution in [0.3, 0.4) is 0 Å². The van der Waals surface area contributed by atoms with Gasteiger partial charge in [0.05, 0.1) is 19.3 Å². The second kappa shape index (κ2) is 15.3. The lowest BCUT2D eigenvalue weighted by molar-refractivity contribution is 0.0601. The van der Waals surface area contributed by atoms with Gasteiger partial charge in [0.15, 0.2) is 0 Å². The largest absolute Gasteiger partial charge is 0.465 e. The molecular formula is C26H37NO3. The summed E-state index contributed by atoms with van der Waals surface area (Å²) in [6.45, 7) is 9.96. The lowest BCUT2D eigenvalue weighted by Gasteiger charge is -2.00. The highest BCUT2D eigenvalue weighted by molar-refractivity contribution is 5.95. The summed E-state index contributed by atoms with van der Waals surface area (Å²) in [5.74, 6) is -0.295. The third-order valence-corrected chi connectivity index (χ3v) is 4.30. The first-order valence-corrected chi connectivity index (χ1v) is 10.9. The van der Waals surface area contributed by atoms with Crippen molar-refractivity contribution >= 4 is 16.9 Å². The Kier molecular flexibility index (Phi) is 13.0. The summed E-state index contributed by atoms with van der Waals surface area (Å²) in [6.07, 6.45) is 6.73. The van der Waals surface area contributed by atoms with Gasteiger partial charge >= 0.3 is 5.97 Å². The minimum atomic E-state index is -0.295. The number of methoxy groups -OCH3 is 1. The van der Waals surface area contributed by atoms with Crippen molar-refractivity contribution in [3.05, 3.63) is 71.4 Å². The average molecular weight is 412 g/mol. The number of hydrogen-bond acceptors (Lipinski definition) is 3. The number of nitrogens with one attached hydrogen (secondary N) is 1. The van der Waals surface area contributed by atoms with E-state index in [4.69, 9.17) is 9.47 Å². The van der Waals surface area contributed by atoms with Crippen molar-refractivity contribution in [1.82, 2.24) is 4.98 Å². The Labute approximate surface area is 181 Å². The second-order valence-corrected chi connectivity index (χ2v) is 7.00. The fourth-order valence-electron chi connectivity index (χ4n) is 2.80. The predicted molar refractivity (Wildman–Crippen MR) is 126 cm³/mol. The van der Waals surface area contributed by atoms with Crippen molar-refractivity contribution in [3.8, 4) is 0 Å². The molecule has 164 valence electrons. The zero-order valence-electron chi connectivity index (χ0n) is 19.2. The van der Waals surface area contributed by atoms with Gasteiger partial charge in [0.25, 0.3) is 0 Å². The van der Waals surface area contributed by atoms with E-state index in [0.29, 0.717) is 5.56 Å². The minimum absolute atomic E-state index is 0.295. The highest BCUT2D eigenvalue weighted by atomic mass is 16.5. The maximum atomic E-state index is 11.4. The molecule has 4 nitrogen and oxygen atoms in total. The Hall–Kier alpha value is -2.59. The third-order valence-electron chi connectivity index (χ3n) is 4.30. The van der Waals surface area contributed by atoms with Gasteiger partial charge in [-0.2, -0.15) is 0 Å². The molecule has 0 spiro atoms. The topological polar surface area (TPSA) is 51.3 Å². The molecule has 0 saturated carbocycles. The van der Waals surface area contributed by atoms with E-state index in [9.17, 15) is 4.79 Å². The van der Waals surface area contributed by atoms with E-state index in [2.05, 4.69) is 37.9 Å². The number of esters is 1. The number of unbranched alkanes of at least 4 members (excludes halogenated alkanes) is 1. The molecule has 0 aliphatic carbocycles. The van der Waals surface area contributed by atoms with Crippen molar-refractivity contribution in [2.45, 2.75) is 60.0 Å². The molecular weight excluding hydrogens is 374 g/mol. The van der Waals surface area contributed by atoms with Gasteiger partial charge in [0.2, 0.25) is 0 Å². The van der Waals surface area contributed by atoms with Crippen molar-refractivity contribution in [2.24, 2.45) is 0 Å². The summed E-state index contributed by atoms with van der Waals surface area (Å²) < 4.78 is 9.92. The molecule has 4 heteroatoms. The van der Waals surface area contributed by atoms with Gasteiger partial charge in [0, 0.05) is 23.7 Å². The average Bonchev–Trinajstić information content (AvgIpc) is 3.19. The van der Waals surface area contributed by atoms with Crippen molar-refractivity contribution in [1.29, 1.82) is 0 Å². The maximum Gasteiger partial charge on any atom is 0.337 e. The number of aryl methyl sites for hydroxylation is 1. The highest BCUT2D eigenvalue weighted by Gasteiger charge is 2.08. The number of aromatic nitrogens is 1. The van der Waals surface area contributed by atoms with Crippen LogP contribution in [0.4, 0.5) is 0 Å². The summed E-state index contributed by atoms with van der Waals surface area (Å²) >= 11 is 0. The van der Waals surface area contributed by atoms with E-state index in [1.165, 1.54) is 42.9 Å². The van der Waals surface area contributed by atoms with Gasteiger partial charge in [-0.3, -0.25) is 0 Å². The summed E-state index contributed by atoms with van der Waals surface area (Å²) in [5, 5.41) is 1.20. The van der Waals surface area contributed by atoms with Crippen LogP contribution in [0.15, 0.2) is 54.7 Å². The second-order valence-electron chi connectivity index (χ2n) is 7.00. The molecule has 1 aromatic heterocycles. The molecule has 2 aromatic carbocycles. The van der Waals surface area contributed by atoms with Crippen molar-refractivity contribution in [2.75, 3.05) is 13.7 Å². The maximum absolute atomic E-state index is 11.4. The molecule has 3 aromatic rings. The zero-order chi connectivity index (χ0) is 22.2. The number of aromatic amines is 1. The molecule has 1 heterocycles. The molecule has 3 rings (SSSR count). The van der Waals surface area contributed by atoms with E-state index < -0.39 is 0 Å². The SMILES string of the molecule is CCC.CCCCc1c[nH]c2cc(C(=O)OC)ccc12.CCOCc1ccccc1. The first-order valence-electron chi connectivity index (χ1n) is 10.9. The van der Waals surface area contributed by atoms with Crippen LogP contribution in [0, 0.1) is 0 Å². The van der Waals surface area contributed by atoms with Crippen LogP contribution in [0.2, 0.25) is 0 Å². The monoisotopic (exact) mass is 411 g/mol. The summed E-state index contributed by atoms with van der Waals surface area (Å²) in [7, 11) is 1.40. The summed E-state index contributed by atoms with van der Waals surface area (Å²) in [4.78, 5) is 14.6. The number of H-pyrrole nitrogens is 1. The normalized spacial score (nSPS) is 9.90. The molecule has 0 amide bonds. The number of rotatable bonds is 7. The van der Waals surface area contributed by atoms with Crippen LogP contribution < -0.4 is 0 Å². The van der Waals surface area contributed by atoms with Gasteiger partial charge < -0.3 is 14.5 Å². The Morgan fingerprint density at radius 1 is 1.00 bits per heavy atom. The first kappa shape index (κ1) is 25.4. The fourth-order valence-corrected chi connectivity index (χ4v) is 2.80. The molecule has 0 bridgehead atoms. The van der Waals surface area contributed by atoms with Gasteiger partial charge in [0.1, 0.15) is 0 Å². The first-order chi connectivity index (χ1) is 14.6. The molecule has 0 atom stereocenters. The lowest BCUT2D eigenvalue weighted by Crippen LogP contribution is -2.00. The van der Waals surface area contributed by atoms with Crippen LogP contribution in [0.5, 0.6) is 0 Å². The van der Waals surface area contributed by atoms with Gasteiger partial charge in [-0.15, -0.1) is 0 Å². The number of carbonyl (C=O) groups is 1. The van der Waals surface area contributed by atoms with E-state index in [-0.39, 0.29) is 5.97 Å². The molecule has 0 aliphatic heterocycles. The van der Waals surface area contributed by atoms with Gasteiger partial charge in [-0.05, 0) is 43.0 Å². The molecule has 0 unspecified atom stereocenters. The Bertz CT molecular complexity index is 840. The molecule has 0 fully saturated rings. The molecule has 30 heavy (non-hydrogen) atoms. The van der Waals surface area contributed by atoms with Gasteiger partial charge in [-0.1, -0.05) is 70.0 Å². The fraction of sp³-hybridized carbons (Fsp3) is 0.423. The summed E-state index contributed by atoms with van der Waals surface area (Å²) in [6, 6.07) is 15.8. The van der Waals surface area contributed by atoms with E-state index in [1.807, 2.05) is 49.5 Å². The number of fused-ring (bicyclic) bond motifs is 1. The molecule has 0 radical (unpaired) electrons. The number of hydrogen-bond donors (Lipinski definition) is 1. The minimum Gasteiger partial charge on any atom is -0.465 e. The number of benzene rings is 2. The number of ether oxygens (including phenoxy) is 2. The zero-order valence-corrected chi connectivity index (χ0v) is 19.2. The third kappa shape index (κ3) is 8.83. The lowest BCUT2D eigenvalue weighted by atomic mass is 10.1. The van der Waals surface area contributed by atoms with Crippen molar-refractivity contribution in [3.63, 3.8) is 0 Å². The van der Waals surface area contributed by atoms with Crippen LogP contribution >= 0.6 is 0 Å². The van der Waals surface area contributed by atoms with Crippen LogP contribution in [-0.2, 0) is 22.5 Å². The predicted octanol–water partition coefficient (Wildman–Crippen LogP) is 6.94. The summed E-state index contributed by atoms with van der Waals surface area (Å²) in [5.41, 5.74) is 4.14. The molecule has 0 aliphatic rings. The van der Waals surface area contributed by atoms with Crippen molar-refractivity contribution < 1.29 is 14.3 Å². The molecule has 0 saturated heterocycles.